The van der Waals surface area contributed by atoms with E-state index in [1.165, 1.54) is 4.90 Å². The highest BCUT2D eigenvalue weighted by Gasteiger charge is 2.40. The van der Waals surface area contributed by atoms with Gasteiger partial charge in [-0.3, -0.25) is 9.59 Å². The van der Waals surface area contributed by atoms with Crippen LogP contribution in [0, 0.1) is 6.92 Å². The molecule has 1 N–H and O–H groups in total. The molecule has 1 aliphatic rings. The van der Waals surface area contributed by atoms with E-state index < -0.39 is 5.37 Å². The van der Waals surface area contributed by atoms with Crippen molar-refractivity contribution in [2.24, 2.45) is 0 Å². The summed E-state index contributed by atoms with van der Waals surface area (Å²) in [6, 6.07) is 14.5. The van der Waals surface area contributed by atoms with Gasteiger partial charge in [-0.15, -0.1) is 0 Å². The number of methoxy groups -OCH3 is 1. The van der Waals surface area contributed by atoms with Gasteiger partial charge >= 0.3 is 0 Å². The third-order valence-corrected chi connectivity index (χ3v) is 4.47. The van der Waals surface area contributed by atoms with Gasteiger partial charge in [0.2, 0.25) is 0 Å². The summed E-state index contributed by atoms with van der Waals surface area (Å²) in [5.41, 5.74) is 2.43. The zero-order chi connectivity index (χ0) is 16.4. The van der Waals surface area contributed by atoms with Crippen LogP contribution in [0.3, 0.4) is 0 Å². The zero-order valence-electron chi connectivity index (χ0n) is 12.8. The molecule has 1 fully saturated rings. The molecule has 0 aliphatic carbocycles. The SMILES string of the molecule is COc1ccc(N[C@H]2SC(=O)N(c3ccc(C)cc3)C2=O)cc1. The van der Waals surface area contributed by atoms with Crippen LogP contribution in [0.5, 0.6) is 5.75 Å². The number of amides is 2. The monoisotopic (exact) mass is 328 g/mol. The first kappa shape index (κ1) is 15.4. The van der Waals surface area contributed by atoms with Gasteiger partial charge in [0.05, 0.1) is 12.8 Å². The van der Waals surface area contributed by atoms with E-state index in [0.717, 1.165) is 28.8 Å². The number of carbonyl (C=O) groups is 2. The predicted molar refractivity (Wildman–Crippen MR) is 92.1 cm³/mol. The van der Waals surface area contributed by atoms with E-state index in [1.807, 2.05) is 31.2 Å². The second-order valence-corrected chi connectivity index (χ2v) is 6.20. The summed E-state index contributed by atoms with van der Waals surface area (Å²) < 4.78 is 5.10. The molecule has 6 heteroatoms. The summed E-state index contributed by atoms with van der Waals surface area (Å²) in [4.78, 5) is 25.9. The molecule has 2 aromatic carbocycles. The summed E-state index contributed by atoms with van der Waals surface area (Å²) in [6.07, 6.45) is 0. The molecule has 3 rings (SSSR count). The summed E-state index contributed by atoms with van der Waals surface area (Å²) in [7, 11) is 1.59. The molecule has 0 bridgehead atoms. The lowest BCUT2D eigenvalue weighted by atomic mass is 10.2. The van der Waals surface area contributed by atoms with Crippen LogP contribution in [-0.2, 0) is 4.79 Å². The number of imide groups is 1. The van der Waals surface area contributed by atoms with Crippen molar-refractivity contribution in [1.29, 1.82) is 0 Å². The van der Waals surface area contributed by atoms with E-state index in [0.29, 0.717) is 5.69 Å². The second kappa shape index (κ2) is 6.34. The van der Waals surface area contributed by atoms with E-state index >= 15 is 0 Å². The van der Waals surface area contributed by atoms with E-state index in [2.05, 4.69) is 5.32 Å². The Bertz CT molecular complexity index is 729. The van der Waals surface area contributed by atoms with Crippen molar-refractivity contribution in [3.63, 3.8) is 0 Å². The first-order valence-corrected chi connectivity index (χ1v) is 7.98. The van der Waals surface area contributed by atoms with Crippen molar-refractivity contribution in [1.82, 2.24) is 0 Å². The van der Waals surface area contributed by atoms with E-state index in [9.17, 15) is 9.59 Å². The third kappa shape index (κ3) is 3.17. The fraction of sp³-hybridized carbons (Fsp3) is 0.176. The van der Waals surface area contributed by atoms with E-state index in [1.54, 1.807) is 31.4 Å². The maximum Gasteiger partial charge on any atom is 0.295 e. The molecule has 0 saturated carbocycles. The Morgan fingerprint density at radius 1 is 1.04 bits per heavy atom. The van der Waals surface area contributed by atoms with Crippen LogP contribution in [0.25, 0.3) is 0 Å². The predicted octanol–water partition coefficient (Wildman–Crippen LogP) is 3.64. The van der Waals surface area contributed by atoms with Crippen LogP contribution in [0.15, 0.2) is 48.5 Å². The van der Waals surface area contributed by atoms with Gasteiger partial charge in [-0.1, -0.05) is 17.7 Å². The molecule has 1 saturated heterocycles. The number of anilines is 2. The molecule has 0 radical (unpaired) electrons. The largest absolute Gasteiger partial charge is 0.497 e. The Morgan fingerprint density at radius 2 is 1.70 bits per heavy atom. The van der Waals surface area contributed by atoms with Crippen molar-refractivity contribution < 1.29 is 14.3 Å². The minimum atomic E-state index is -0.628. The smallest absolute Gasteiger partial charge is 0.295 e. The standard InChI is InChI=1S/C17H16N2O3S/c1-11-3-7-13(8-4-11)19-16(20)15(23-17(19)21)18-12-5-9-14(22-2)10-6-12/h3-10,15,18H,1-2H3/t15-/m0/s1. The molecule has 2 aromatic rings. The van der Waals surface area contributed by atoms with Crippen LogP contribution in [0.4, 0.5) is 16.2 Å². The molecule has 1 aliphatic heterocycles. The number of rotatable bonds is 4. The number of ether oxygens (including phenoxy) is 1. The van der Waals surface area contributed by atoms with Crippen LogP contribution < -0.4 is 15.0 Å². The number of hydrogen-bond acceptors (Lipinski definition) is 5. The molecule has 0 spiro atoms. The number of thioether (sulfide) groups is 1. The first-order chi connectivity index (χ1) is 11.1. The lowest BCUT2D eigenvalue weighted by Crippen LogP contribution is -2.34. The van der Waals surface area contributed by atoms with Gasteiger partial charge in [-0.2, -0.15) is 0 Å². The van der Waals surface area contributed by atoms with E-state index in [4.69, 9.17) is 4.74 Å². The van der Waals surface area contributed by atoms with Crippen LogP contribution in [0.1, 0.15) is 5.56 Å². The van der Waals surface area contributed by atoms with Gasteiger partial charge in [0.1, 0.15) is 5.75 Å². The minimum absolute atomic E-state index is 0.264. The number of aryl methyl sites for hydroxylation is 1. The van der Waals surface area contributed by atoms with Gasteiger partial charge in [-0.05, 0) is 55.1 Å². The van der Waals surface area contributed by atoms with Crippen molar-refractivity contribution in [3.05, 3.63) is 54.1 Å². The second-order valence-electron chi connectivity index (χ2n) is 5.15. The Kier molecular flexibility index (Phi) is 4.25. The first-order valence-electron chi connectivity index (χ1n) is 7.10. The third-order valence-electron chi connectivity index (χ3n) is 3.53. The average molecular weight is 328 g/mol. The zero-order valence-corrected chi connectivity index (χ0v) is 13.6. The van der Waals surface area contributed by atoms with Crippen molar-refractivity contribution in [2.45, 2.75) is 12.3 Å². The van der Waals surface area contributed by atoms with Gasteiger partial charge in [0, 0.05) is 5.69 Å². The Morgan fingerprint density at radius 3 is 2.30 bits per heavy atom. The van der Waals surface area contributed by atoms with Crippen LogP contribution in [-0.4, -0.2) is 23.6 Å². The highest BCUT2D eigenvalue weighted by atomic mass is 32.2. The maximum atomic E-state index is 12.5. The number of hydrogen-bond donors (Lipinski definition) is 1. The summed E-state index contributed by atoms with van der Waals surface area (Å²) >= 11 is 0.981. The minimum Gasteiger partial charge on any atom is -0.497 e. The van der Waals surface area contributed by atoms with Gasteiger partial charge in [-0.25, -0.2) is 4.90 Å². The summed E-state index contributed by atoms with van der Waals surface area (Å²) in [5.74, 6) is 0.470. The average Bonchev–Trinajstić information content (AvgIpc) is 2.83. The molecule has 1 heterocycles. The quantitative estimate of drug-likeness (QED) is 0.928. The Labute approximate surface area is 138 Å². The molecule has 1 atom stereocenters. The maximum absolute atomic E-state index is 12.5. The molecule has 118 valence electrons. The summed E-state index contributed by atoms with van der Waals surface area (Å²) in [5, 5.41) is 2.18. The Balaban J connectivity index is 1.76. The number of benzene rings is 2. The number of nitrogens with zero attached hydrogens (tertiary/aromatic N) is 1. The van der Waals surface area contributed by atoms with Crippen molar-refractivity contribution in [2.75, 3.05) is 17.3 Å². The van der Waals surface area contributed by atoms with Gasteiger partial charge in [0.25, 0.3) is 11.1 Å². The molecular formula is C17H16N2O3S. The highest BCUT2D eigenvalue weighted by molar-refractivity contribution is 8.16. The summed E-state index contributed by atoms with van der Waals surface area (Å²) in [6.45, 7) is 1.96. The molecular weight excluding hydrogens is 312 g/mol. The van der Waals surface area contributed by atoms with Crippen LogP contribution in [0.2, 0.25) is 0 Å². The normalized spacial score (nSPS) is 17.5. The lowest BCUT2D eigenvalue weighted by molar-refractivity contribution is -0.116. The topological polar surface area (TPSA) is 58.6 Å². The molecule has 0 unspecified atom stereocenters. The van der Waals surface area contributed by atoms with Crippen molar-refractivity contribution >= 4 is 34.3 Å². The number of nitrogens with one attached hydrogen (secondary N) is 1. The lowest BCUT2D eigenvalue weighted by Gasteiger charge is -2.15. The Hall–Kier alpha value is -2.47. The fourth-order valence-corrected chi connectivity index (χ4v) is 3.17. The van der Waals surface area contributed by atoms with Gasteiger partial charge < -0.3 is 10.1 Å². The van der Waals surface area contributed by atoms with Gasteiger partial charge in [0.15, 0.2) is 5.37 Å². The van der Waals surface area contributed by atoms with Crippen LogP contribution >= 0.6 is 11.8 Å². The number of carbonyl (C=O) groups excluding carboxylic acids is 2. The molecule has 0 aromatic heterocycles. The highest BCUT2D eigenvalue weighted by Crippen LogP contribution is 2.32. The van der Waals surface area contributed by atoms with E-state index in [-0.39, 0.29) is 11.1 Å². The molecule has 2 amide bonds. The molecule has 23 heavy (non-hydrogen) atoms. The molecule has 5 nitrogen and oxygen atoms in total. The van der Waals surface area contributed by atoms with Crippen molar-refractivity contribution in [3.8, 4) is 5.75 Å². The fourth-order valence-electron chi connectivity index (χ4n) is 2.27.